The lowest BCUT2D eigenvalue weighted by atomic mass is 10.1. The number of aliphatic imine (C=N–C) groups is 1. The Bertz CT molecular complexity index is 5720. The maximum atomic E-state index is 13.2. The minimum atomic E-state index is -4.82. The lowest BCUT2D eigenvalue weighted by Crippen LogP contribution is -2.17. The zero-order valence-electron chi connectivity index (χ0n) is 59.0. The number of hydrogen-bond donors (Lipinski definition) is 3. The molecule has 0 radical (unpaired) electrons. The van der Waals surface area contributed by atoms with Gasteiger partial charge in [-0.15, -0.1) is 26.3 Å². The number of furan rings is 4. The van der Waals surface area contributed by atoms with Crippen LogP contribution in [0.5, 0.6) is 11.5 Å². The third kappa shape index (κ3) is 18.5. The third-order valence-electron chi connectivity index (χ3n) is 17.3. The first-order chi connectivity index (χ1) is 52.3. The Balaban J connectivity index is 0.000000128. The van der Waals surface area contributed by atoms with Gasteiger partial charge in [0, 0.05) is 73.0 Å². The molecule has 7 aromatic heterocycles. The summed E-state index contributed by atoms with van der Waals surface area (Å²) in [4.78, 5) is 28.3. The van der Waals surface area contributed by atoms with Crippen molar-refractivity contribution >= 4 is 46.2 Å². The summed E-state index contributed by atoms with van der Waals surface area (Å²) < 4.78 is 119. The summed E-state index contributed by atoms with van der Waals surface area (Å²) in [5, 5.41) is 0.495. The van der Waals surface area contributed by atoms with Crippen molar-refractivity contribution in [2.45, 2.75) is 67.1 Å². The fraction of sp³-hybridized carbons (Fsp3) is 0.116. The van der Waals surface area contributed by atoms with Crippen molar-refractivity contribution in [1.29, 1.82) is 0 Å². The molecule has 0 unspecified atom stereocenters. The Kier molecular flexibility index (Phi) is 22.4. The SMILES string of the molecule is CCc1ccc(-c2ccc(C3=NC(c4ccccc4)=C(C)C3)o2)cc1.Cc1[nH]c(-c2ccc(-c3ccc(OC(F)(F)F)c(Cl)c3)o2)nc1-c1ccc(Cl)cc1.Cc1[nH]c(-c2ccc(-c3ccc(OC(F)(F)F)cc3Cl)o2)nc1-c1ccc(F)cc1.Cc1ccc(-c2ccc(-c3nc(-c4ccccc4)c(C)[nH]3)o2)cc1. The van der Waals surface area contributed by atoms with E-state index in [1.54, 1.807) is 48.5 Å². The number of aromatic nitrogens is 6. The van der Waals surface area contributed by atoms with Gasteiger partial charge in [0.2, 0.25) is 0 Å². The van der Waals surface area contributed by atoms with Crippen LogP contribution in [-0.4, -0.2) is 48.3 Å². The van der Waals surface area contributed by atoms with Gasteiger partial charge in [0.15, 0.2) is 34.8 Å². The van der Waals surface area contributed by atoms with Crippen LogP contribution in [0.25, 0.3) is 120 Å². The van der Waals surface area contributed by atoms with E-state index in [0.29, 0.717) is 56.5 Å². The molecule has 0 saturated heterocycles. The number of alkyl halides is 6. The van der Waals surface area contributed by atoms with Gasteiger partial charge in [0.05, 0.1) is 38.5 Å². The molecular weight excluding hydrogens is 1470 g/mol. The fourth-order valence-corrected chi connectivity index (χ4v) is 12.5. The summed E-state index contributed by atoms with van der Waals surface area (Å²) in [5.41, 5.74) is 17.9. The number of aromatic amines is 3. The largest absolute Gasteiger partial charge is 0.573 e. The van der Waals surface area contributed by atoms with Gasteiger partial charge in [-0.3, -0.25) is 0 Å². The van der Waals surface area contributed by atoms with Crippen LogP contribution in [-0.2, 0) is 6.42 Å². The van der Waals surface area contributed by atoms with Gasteiger partial charge in [-0.2, -0.15) is 0 Å². The lowest BCUT2D eigenvalue weighted by Gasteiger charge is -2.10. The molecule has 0 atom stereocenters. The molecule has 0 saturated carbocycles. The Morgan fingerprint density at radius 2 is 0.826 bits per heavy atom. The quantitative estimate of drug-likeness (QED) is 0.0846. The number of ether oxygens (including phenoxy) is 2. The first-order valence-corrected chi connectivity index (χ1v) is 35.3. The number of nitrogens with one attached hydrogen (secondary N) is 3. The van der Waals surface area contributed by atoms with Gasteiger partial charge in [0.25, 0.3) is 0 Å². The topological polar surface area (TPSA) is 169 Å². The van der Waals surface area contributed by atoms with Crippen LogP contribution in [0, 0.1) is 33.5 Å². The number of aryl methyl sites for hydroxylation is 5. The molecule has 15 aromatic rings. The van der Waals surface area contributed by atoms with Crippen molar-refractivity contribution in [2.24, 2.45) is 4.99 Å². The Hall–Kier alpha value is -12.1. The molecule has 0 amide bonds. The molecule has 13 nitrogen and oxygen atoms in total. The number of imidazole rings is 3. The molecule has 0 aliphatic carbocycles. The molecule has 1 aliphatic heterocycles. The van der Waals surface area contributed by atoms with E-state index >= 15 is 0 Å². The minimum absolute atomic E-state index is 0.0419. The van der Waals surface area contributed by atoms with Crippen molar-refractivity contribution < 1.29 is 57.9 Å². The first kappa shape index (κ1) is 75.1. The zero-order valence-corrected chi connectivity index (χ0v) is 61.3. The highest BCUT2D eigenvalue weighted by Crippen LogP contribution is 2.40. The van der Waals surface area contributed by atoms with E-state index < -0.39 is 24.2 Å². The van der Waals surface area contributed by atoms with Crippen LogP contribution in [0.15, 0.2) is 271 Å². The van der Waals surface area contributed by atoms with Crippen molar-refractivity contribution in [2.75, 3.05) is 0 Å². The number of halogens is 10. The molecule has 0 fully saturated rings. The molecule has 1 aliphatic rings. The average molecular weight is 1530 g/mol. The van der Waals surface area contributed by atoms with Gasteiger partial charge in [-0.1, -0.05) is 169 Å². The van der Waals surface area contributed by atoms with Gasteiger partial charge < -0.3 is 42.1 Å². The van der Waals surface area contributed by atoms with Gasteiger partial charge in [-0.25, -0.2) is 24.3 Å². The van der Waals surface area contributed by atoms with Crippen LogP contribution < -0.4 is 9.47 Å². The number of allylic oxidation sites excluding steroid dienone is 1. The van der Waals surface area contributed by atoms with Gasteiger partial charge >= 0.3 is 12.7 Å². The second-order valence-corrected chi connectivity index (χ2v) is 26.5. The summed E-state index contributed by atoms with van der Waals surface area (Å²) in [5.74, 6) is 5.49. The number of H-pyrrole nitrogens is 3. The van der Waals surface area contributed by atoms with Crippen molar-refractivity contribution in [3.05, 3.63) is 309 Å². The van der Waals surface area contributed by atoms with E-state index in [0.717, 1.165) is 133 Å². The van der Waals surface area contributed by atoms with Crippen LogP contribution in [0.4, 0.5) is 30.7 Å². The smallest absolute Gasteiger partial charge is 0.455 e. The average Bonchev–Trinajstić information content (AvgIpc) is 1.68. The van der Waals surface area contributed by atoms with Gasteiger partial charge in [0.1, 0.15) is 46.1 Å². The highest BCUT2D eigenvalue weighted by Gasteiger charge is 2.33. The maximum absolute atomic E-state index is 13.2. The zero-order chi connectivity index (χ0) is 76.7. The number of nitrogens with zero attached hydrogens (tertiary/aromatic N) is 4. The molecule has 16 rings (SSSR count). The van der Waals surface area contributed by atoms with E-state index in [1.807, 2.05) is 93.6 Å². The Morgan fingerprint density at radius 3 is 1.32 bits per heavy atom. The molecule has 8 heterocycles. The van der Waals surface area contributed by atoms with E-state index in [-0.39, 0.29) is 15.9 Å². The van der Waals surface area contributed by atoms with E-state index in [2.05, 4.69) is 128 Å². The summed E-state index contributed by atoms with van der Waals surface area (Å²) >= 11 is 18.0. The van der Waals surface area contributed by atoms with Crippen LogP contribution >= 0.6 is 34.8 Å². The van der Waals surface area contributed by atoms with Crippen LogP contribution in [0.2, 0.25) is 15.1 Å². The van der Waals surface area contributed by atoms with E-state index in [9.17, 15) is 30.7 Å². The summed E-state index contributed by atoms with van der Waals surface area (Å²) in [6.07, 6.45) is -7.73. The van der Waals surface area contributed by atoms with Crippen LogP contribution in [0.1, 0.15) is 59.8 Å². The molecule has 109 heavy (non-hydrogen) atoms. The number of benzene rings is 8. The maximum Gasteiger partial charge on any atom is 0.573 e. The summed E-state index contributed by atoms with van der Waals surface area (Å²) in [6.45, 7) is 12.1. The van der Waals surface area contributed by atoms with E-state index in [1.165, 1.54) is 47.0 Å². The fourth-order valence-electron chi connectivity index (χ4n) is 11.9. The Morgan fingerprint density at radius 1 is 0.404 bits per heavy atom. The van der Waals surface area contributed by atoms with E-state index in [4.69, 9.17) is 62.4 Å². The molecule has 550 valence electrons. The molecule has 3 N–H and O–H groups in total. The van der Waals surface area contributed by atoms with Gasteiger partial charge in [-0.05, 0) is 174 Å². The molecule has 8 aromatic carbocycles. The highest BCUT2D eigenvalue weighted by molar-refractivity contribution is 6.33. The van der Waals surface area contributed by atoms with Crippen molar-refractivity contribution in [3.8, 4) is 125 Å². The molecule has 23 heteroatoms. The van der Waals surface area contributed by atoms with Crippen LogP contribution in [0.3, 0.4) is 0 Å². The minimum Gasteiger partial charge on any atom is -0.455 e. The second-order valence-electron chi connectivity index (χ2n) is 25.2. The normalized spacial score (nSPS) is 12.1. The summed E-state index contributed by atoms with van der Waals surface area (Å²) in [7, 11) is 0. The monoisotopic (exact) mass is 1530 g/mol. The predicted octanol–water partition coefficient (Wildman–Crippen LogP) is 26.3. The number of rotatable bonds is 15. The Labute approximate surface area is 636 Å². The van der Waals surface area contributed by atoms with Crippen molar-refractivity contribution in [3.63, 3.8) is 0 Å². The first-order valence-electron chi connectivity index (χ1n) is 34.1. The molecule has 0 bridgehead atoms. The number of hydrogen-bond acceptors (Lipinski definition) is 10. The third-order valence-corrected chi connectivity index (χ3v) is 18.2. The van der Waals surface area contributed by atoms with Crippen molar-refractivity contribution in [1.82, 2.24) is 29.9 Å². The summed E-state index contributed by atoms with van der Waals surface area (Å²) in [6, 6.07) is 72.9. The predicted molar refractivity (Wildman–Crippen MR) is 412 cm³/mol. The second kappa shape index (κ2) is 32.5. The highest BCUT2D eigenvalue weighted by atomic mass is 35.5. The lowest BCUT2D eigenvalue weighted by molar-refractivity contribution is -0.275. The standard InChI is InChI=1S/C23H21NO.C21H13Cl2F3N2O2.C21H13ClF4N2O2.C21H18N2O/c1-3-17-9-11-18(12-10-17)21-13-14-22(25-21)20-15-16(2)23(24-20)19-7-5-4-6-8-19;1-11-19(12-2-5-14(22)6-3-12)28-20(27-11)18-9-8-16(29-18)13-4-7-17(15(23)10-13)30-21(24,25)26;1-11-19(12-2-4-13(23)5-3-12)28-20(27-11)18-9-8-17(29-18)15-7-6-14(10-16(15)22)30-21(24,25)26;1-14-8-10-16(11-9-14)18-12-13-19(24-18)21-22-15(2)20(23-21)17-6-4-3-5-7-17/h4-14H,3,15H2,1-2H3;2*2-10H,1H3,(H,27,28);3-13H,1-2H3,(H,22,23). The molecular formula is C86H65Cl3F7N7O6. The molecule has 0 spiro atoms.